The lowest BCUT2D eigenvalue weighted by Crippen LogP contribution is -2.53. The summed E-state index contributed by atoms with van der Waals surface area (Å²) >= 11 is 8.07. The fourth-order valence-corrected chi connectivity index (χ4v) is 6.87. The van der Waals surface area contributed by atoms with Crippen LogP contribution in [-0.2, 0) is 11.3 Å². The van der Waals surface area contributed by atoms with Crippen molar-refractivity contribution in [2.24, 2.45) is 11.3 Å². The number of pyridine rings is 1. The molecule has 0 spiro atoms. The zero-order valence-electron chi connectivity index (χ0n) is 21.9. The van der Waals surface area contributed by atoms with Crippen molar-refractivity contribution in [1.29, 1.82) is 0 Å². The zero-order valence-corrected chi connectivity index (χ0v) is 23.5. The molecule has 1 saturated carbocycles. The lowest BCUT2D eigenvalue weighted by Gasteiger charge is -2.46. The van der Waals surface area contributed by atoms with E-state index in [1.807, 2.05) is 32.2 Å². The summed E-state index contributed by atoms with van der Waals surface area (Å²) in [6, 6.07) is 6.34. The first-order valence-electron chi connectivity index (χ1n) is 12.9. The molecule has 0 amide bonds. The van der Waals surface area contributed by atoms with E-state index in [-0.39, 0.29) is 16.9 Å². The highest BCUT2D eigenvalue weighted by Crippen LogP contribution is 2.51. The highest BCUT2D eigenvalue weighted by atomic mass is 35.5. The fraction of sp³-hybridized carbons (Fsp3) is 0.607. The molecule has 0 bridgehead atoms. The summed E-state index contributed by atoms with van der Waals surface area (Å²) in [5.74, 6) is 1.01. The molecule has 1 N–H and O–H groups in total. The van der Waals surface area contributed by atoms with Gasteiger partial charge in [0.2, 0.25) is 0 Å². The number of aromatic amines is 1. The monoisotopic (exact) mass is 532 g/mol. The fourth-order valence-electron chi connectivity index (χ4n) is 5.98. The summed E-state index contributed by atoms with van der Waals surface area (Å²) in [6.45, 7) is 11.4. The second kappa shape index (κ2) is 9.90. The van der Waals surface area contributed by atoms with Crippen LogP contribution in [-0.4, -0.2) is 47.7 Å². The highest BCUT2D eigenvalue weighted by molar-refractivity contribution is 7.98. The minimum absolute atomic E-state index is 0.0262. The van der Waals surface area contributed by atoms with Crippen LogP contribution < -0.4 is 15.0 Å². The molecule has 2 aromatic rings. The summed E-state index contributed by atoms with van der Waals surface area (Å²) in [4.78, 5) is 19.6. The van der Waals surface area contributed by atoms with Crippen LogP contribution in [0.25, 0.3) is 0 Å². The van der Waals surface area contributed by atoms with Gasteiger partial charge in [-0.25, -0.2) is 0 Å². The SMILES string of the molecule is CSc1cc(C)[nH]c(=O)c1CN(CC1(C)COC1)C1CCC(C2(C)Oc3c(C)ccc(Cl)c3O2)CC1. The van der Waals surface area contributed by atoms with Gasteiger partial charge in [-0.05, 0) is 63.5 Å². The van der Waals surface area contributed by atoms with Crippen LogP contribution in [0.2, 0.25) is 5.02 Å². The number of hydrogen-bond acceptors (Lipinski definition) is 6. The maximum absolute atomic E-state index is 13.0. The van der Waals surface area contributed by atoms with E-state index in [2.05, 4.69) is 29.8 Å². The first-order valence-corrected chi connectivity index (χ1v) is 14.5. The van der Waals surface area contributed by atoms with Crippen molar-refractivity contribution in [2.45, 2.75) is 76.6 Å². The van der Waals surface area contributed by atoms with Crippen LogP contribution >= 0.6 is 23.4 Å². The minimum atomic E-state index is -0.707. The lowest BCUT2D eigenvalue weighted by atomic mass is 9.79. The predicted molar refractivity (Wildman–Crippen MR) is 145 cm³/mol. The number of fused-ring (bicyclic) bond motifs is 1. The first-order chi connectivity index (χ1) is 17.1. The second-order valence-corrected chi connectivity index (χ2v) is 12.5. The van der Waals surface area contributed by atoms with E-state index >= 15 is 0 Å². The van der Waals surface area contributed by atoms with E-state index < -0.39 is 5.79 Å². The number of halogens is 1. The van der Waals surface area contributed by atoms with Crippen LogP contribution in [0.3, 0.4) is 0 Å². The summed E-state index contributed by atoms with van der Waals surface area (Å²) < 4.78 is 18.4. The summed E-state index contributed by atoms with van der Waals surface area (Å²) in [6.07, 6.45) is 6.10. The van der Waals surface area contributed by atoms with Gasteiger partial charge in [-0.15, -0.1) is 11.8 Å². The maximum atomic E-state index is 13.0. The van der Waals surface area contributed by atoms with E-state index in [4.69, 9.17) is 25.8 Å². The number of aryl methyl sites for hydroxylation is 2. The molecule has 3 aliphatic rings. The number of aromatic nitrogens is 1. The van der Waals surface area contributed by atoms with Gasteiger partial charge >= 0.3 is 0 Å². The molecule has 1 aromatic carbocycles. The molecule has 6 nitrogen and oxygen atoms in total. The van der Waals surface area contributed by atoms with Gasteiger partial charge < -0.3 is 19.2 Å². The van der Waals surface area contributed by atoms with Crippen molar-refractivity contribution in [3.63, 3.8) is 0 Å². The summed E-state index contributed by atoms with van der Waals surface area (Å²) in [5.41, 5.74) is 2.97. The molecule has 1 atom stereocenters. The number of nitrogens with one attached hydrogen (secondary N) is 1. The normalized spacial score (nSPS) is 26.8. The van der Waals surface area contributed by atoms with Gasteiger partial charge in [-0.3, -0.25) is 9.69 Å². The highest BCUT2D eigenvalue weighted by Gasteiger charge is 2.48. The van der Waals surface area contributed by atoms with Crippen molar-refractivity contribution in [3.8, 4) is 11.5 Å². The summed E-state index contributed by atoms with van der Waals surface area (Å²) in [5, 5.41) is 0.600. The Morgan fingerprint density at radius 2 is 1.81 bits per heavy atom. The van der Waals surface area contributed by atoms with Gasteiger partial charge in [0.25, 0.3) is 11.3 Å². The molecule has 1 unspecified atom stereocenters. The Hall–Kier alpha value is -1.67. The van der Waals surface area contributed by atoms with Gasteiger partial charge in [0.1, 0.15) is 0 Å². The minimum Gasteiger partial charge on any atom is -0.448 e. The van der Waals surface area contributed by atoms with Crippen LogP contribution in [0.1, 0.15) is 56.4 Å². The maximum Gasteiger partial charge on any atom is 0.253 e. The number of H-pyrrole nitrogens is 1. The molecule has 36 heavy (non-hydrogen) atoms. The Kier molecular flexibility index (Phi) is 7.14. The van der Waals surface area contributed by atoms with E-state index in [1.165, 1.54) is 0 Å². The first kappa shape index (κ1) is 26.0. The van der Waals surface area contributed by atoms with Crippen LogP contribution in [0.5, 0.6) is 11.5 Å². The van der Waals surface area contributed by atoms with E-state index in [0.717, 1.165) is 72.9 Å². The van der Waals surface area contributed by atoms with Gasteiger partial charge in [-0.1, -0.05) is 24.6 Å². The molecule has 5 rings (SSSR count). The van der Waals surface area contributed by atoms with E-state index in [1.54, 1.807) is 11.8 Å². The molecule has 196 valence electrons. The number of nitrogens with zero attached hydrogens (tertiary/aromatic N) is 1. The summed E-state index contributed by atoms with van der Waals surface area (Å²) in [7, 11) is 0. The molecule has 1 aromatic heterocycles. The molecular weight excluding hydrogens is 496 g/mol. The van der Waals surface area contributed by atoms with Crippen LogP contribution in [0.15, 0.2) is 27.9 Å². The Balaban J connectivity index is 1.32. The lowest BCUT2D eigenvalue weighted by molar-refractivity contribution is -0.135. The van der Waals surface area contributed by atoms with Crippen LogP contribution in [0, 0.1) is 25.2 Å². The standard InChI is InChI=1S/C28H37ClN2O4S/c1-17-6-11-22(29)25-24(17)34-28(4,35-25)19-7-9-20(10-8-19)31(14-27(3)15-33-16-27)13-21-23(36-5)12-18(2)30-26(21)32/h6,11-12,19-20H,7-10,13-16H2,1-5H3,(H,30,32). The Morgan fingerprint density at radius 1 is 1.11 bits per heavy atom. The number of thioether (sulfide) groups is 1. The molecule has 1 saturated heterocycles. The third kappa shape index (κ3) is 4.92. The van der Waals surface area contributed by atoms with E-state index in [9.17, 15) is 4.79 Å². The second-order valence-electron chi connectivity index (χ2n) is 11.3. The topological polar surface area (TPSA) is 63.8 Å². The van der Waals surface area contributed by atoms with Gasteiger partial charge in [0.05, 0.1) is 18.2 Å². The average molecular weight is 533 g/mol. The van der Waals surface area contributed by atoms with Crippen LogP contribution in [0.4, 0.5) is 0 Å². The van der Waals surface area contributed by atoms with Gasteiger partial charge in [0.15, 0.2) is 11.5 Å². The molecule has 1 aliphatic carbocycles. The number of benzene rings is 1. The van der Waals surface area contributed by atoms with E-state index in [0.29, 0.717) is 23.4 Å². The quantitative estimate of drug-likeness (QED) is 0.444. The van der Waals surface area contributed by atoms with Gasteiger partial charge in [-0.2, -0.15) is 0 Å². The number of ether oxygens (including phenoxy) is 3. The molecule has 2 fully saturated rings. The Bertz CT molecular complexity index is 1160. The zero-order chi connectivity index (χ0) is 25.7. The predicted octanol–water partition coefficient (Wildman–Crippen LogP) is 5.95. The average Bonchev–Trinajstić information content (AvgIpc) is 3.21. The largest absolute Gasteiger partial charge is 0.448 e. The molecule has 3 heterocycles. The smallest absolute Gasteiger partial charge is 0.253 e. The molecule has 8 heteroatoms. The number of hydrogen-bond donors (Lipinski definition) is 1. The van der Waals surface area contributed by atoms with Crippen molar-refractivity contribution >= 4 is 23.4 Å². The molecular formula is C28H37ClN2O4S. The number of rotatable bonds is 7. The Morgan fingerprint density at radius 3 is 2.42 bits per heavy atom. The van der Waals surface area contributed by atoms with Crippen molar-refractivity contribution in [1.82, 2.24) is 9.88 Å². The van der Waals surface area contributed by atoms with Crippen molar-refractivity contribution in [2.75, 3.05) is 26.0 Å². The third-order valence-corrected chi connectivity index (χ3v) is 9.22. The van der Waals surface area contributed by atoms with Gasteiger partial charge in [0, 0.05) is 53.5 Å². The van der Waals surface area contributed by atoms with Crippen molar-refractivity contribution in [3.05, 3.63) is 50.4 Å². The van der Waals surface area contributed by atoms with Crippen molar-refractivity contribution < 1.29 is 14.2 Å². The third-order valence-electron chi connectivity index (χ3n) is 8.12. The molecule has 2 aliphatic heterocycles. The Labute approximate surface area is 223 Å². The molecule has 0 radical (unpaired) electrons.